The summed E-state index contributed by atoms with van der Waals surface area (Å²) in [6, 6.07) is 6.18. The van der Waals surface area contributed by atoms with E-state index in [2.05, 4.69) is 5.32 Å². The first-order chi connectivity index (χ1) is 14.4. The number of hydrogen-bond acceptors (Lipinski definition) is 6. The first kappa shape index (κ1) is 22.0. The molecule has 9 heteroatoms. The molecule has 1 heterocycles. The summed E-state index contributed by atoms with van der Waals surface area (Å²) in [5.41, 5.74) is 0.521. The van der Waals surface area contributed by atoms with Crippen molar-refractivity contribution in [1.29, 1.82) is 0 Å². The lowest BCUT2D eigenvalue weighted by Crippen LogP contribution is -2.66. The number of para-hydroxylation sites is 2. The van der Waals surface area contributed by atoms with Gasteiger partial charge in [0.05, 0.1) is 30.9 Å². The smallest absolute Gasteiger partial charge is 0.327 e. The second-order valence-corrected chi connectivity index (χ2v) is 7.43. The van der Waals surface area contributed by atoms with Crippen molar-refractivity contribution < 1.29 is 28.6 Å². The molecule has 1 aliphatic heterocycles. The third-order valence-corrected chi connectivity index (χ3v) is 5.92. The van der Waals surface area contributed by atoms with Gasteiger partial charge in [0.25, 0.3) is 0 Å². The van der Waals surface area contributed by atoms with Crippen LogP contribution in [0.2, 0.25) is 0 Å². The molecule has 1 aromatic rings. The number of methoxy groups -OCH3 is 3. The van der Waals surface area contributed by atoms with E-state index in [1.165, 1.54) is 16.9 Å². The van der Waals surface area contributed by atoms with Gasteiger partial charge in [0, 0.05) is 26.8 Å². The van der Waals surface area contributed by atoms with E-state index in [0.29, 0.717) is 24.3 Å². The van der Waals surface area contributed by atoms with Crippen molar-refractivity contribution in [3.05, 3.63) is 24.3 Å². The maximum atomic E-state index is 13.0. The van der Waals surface area contributed by atoms with Crippen LogP contribution in [0.25, 0.3) is 0 Å². The van der Waals surface area contributed by atoms with Gasteiger partial charge < -0.3 is 24.4 Å². The Kier molecular flexibility index (Phi) is 6.94. The molecule has 9 nitrogen and oxygen atoms in total. The highest BCUT2D eigenvalue weighted by atomic mass is 16.5. The van der Waals surface area contributed by atoms with Gasteiger partial charge in [0.15, 0.2) is 0 Å². The van der Waals surface area contributed by atoms with Crippen LogP contribution in [0.3, 0.4) is 0 Å². The highest BCUT2D eigenvalue weighted by molar-refractivity contribution is 6.01. The molecule has 2 aliphatic rings. The summed E-state index contributed by atoms with van der Waals surface area (Å²) in [5, 5.41) is 2.80. The maximum Gasteiger partial charge on any atom is 0.327 e. The van der Waals surface area contributed by atoms with Crippen molar-refractivity contribution in [2.75, 3.05) is 39.7 Å². The van der Waals surface area contributed by atoms with Gasteiger partial charge in [-0.1, -0.05) is 12.1 Å². The van der Waals surface area contributed by atoms with Gasteiger partial charge >= 0.3 is 6.03 Å². The summed E-state index contributed by atoms with van der Waals surface area (Å²) in [7, 11) is 4.69. The van der Waals surface area contributed by atoms with Crippen LogP contribution in [-0.2, 0) is 19.1 Å². The van der Waals surface area contributed by atoms with Crippen molar-refractivity contribution in [3.63, 3.8) is 0 Å². The van der Waals surface area contributed by atoms with Gasteiger partial charge in [-0.15, -0.1) is 0 Å². The molecule has 1 aliphatic carbocycles. The standard InChI is InChI=1S/C21H29N3O6/c1-5-23-20(26)13-10-17(29-3)18(30-4)11-15(13)24(21(23)27)12-19(25)22-14-8-6-7-9-16(14)28-2/h6-9,13,15,17-18H,5,10-12H2,1-4H3,(H,22,25). The van der Waals surface area contributed by atoms with Crippen molar-refractivity contribution in [1.82, 2.24) is 9.80 Å². The predicted molar refractivity (Wildman–Crippen MR) is 109 cm³/mol. The molecule has 4 atom stereocenters. The Balaban J connectivity index is 1.82. The lowest BCUT2D eigenvalue weighted by Gasteiger charge is -2.49. The van der Waals surface area contributed by atoms with E-state index >= 15 is 0 Å². The molecule has 2 fully saturated rings. The SMILES string of the molecule is CCN1C(=O)C2CC(OC)C(OC)CC2N(CC(=O)Nc2ccccc2OC)C1=O. The fourth-order valence-corrected chi connectivity index (χ4v) is 4.38. The average molecular weight is 419 g/mol. The number of carbonyl (C=O) groups is 3. The lowest BCUT2D eigenvalue weighted by atomic mass is 9.78. The first-order valence-electron chi connectivity index (χ1n) is 10.1. The van der Waals surface area contributed by atoms with Crippen LogP contribution in [0.5, 0.6) is 5.75 Å². The third-order valence-electron chi connectivity index (χ3n) is 5.92. The number of hydrogen-bond donors (Lipinski definition) is 1. The van der Waals surface area contributed by atoms with Gasteiger partial charge in [0.1, 0.15) is 12.3 Å². The Hall–Kier alpha value is -2.65. The summed E-state index contributed by atoms with van der Waals surface area (Å²) in [6.07, 6.45) is 0.366. The average Bonchev–Trinajstić information content (AvgIpc) is 2.76. The highest BCUT2D eigenvalue weighted by Crippen LogP contribution is 2.37. The second kappa shape index (κ2) is 9.44. The number of ether oxygens (including phenoxy) is 3. The highest BCUT2D eigenvalue weighted by Gasteiger charge is 2.51. The number of nitrogens with zero attached hydrogens (tertiary/aromatic N) is 2. The minimum atomic E-state index is -0.454. The van der Waals surface area contributed by atoms with E-state index in [9.17, 15) is 14.4 Å². The topological polar surface area (TPSA) is 97.4 Å². The van der Waals surface area contributed by atoms with Crippen molar-refractivity contribution in [3.8, 4) is 5.75 Å². The molecule has 1 saturated carbocycles. The fraction of sp³-hybridized carbons (Fsp3) is 0.571. The Bertz CT molecular complexity index is 801. The van der Waals surface area contributed by atoms with Gasteiger partial charge in [0.2, 0.25) is 11.8 Å². The molecule has 0 aromatic heterocycles. The number of amides is 4. The number of fused-ring (bicyclic) bond motifs is 1. The number of imide groups is 1. The largest absolute Gasteiger partial charge is 0.495 e. The zero-order chi connectivity index (χ0) is 21.8. The number of anilines is 1. The van der Waals surface area contributed by atoms with Crippen LogP contribution in [0.1, 0.15) is 19.8 Å². The zero-order valence-corrected chi connectivity index (χ0v) is 17.8. The Morgan fingerprint density at radius 3 is 2.40 bits per heavy atom. The molecule has 164 valence electrons. The van der Waals surface area contributed by atoms with Crippen LogP contribution < -0.4 is 10.1 Å². The van der Waals surface area contributed by atoms with Gasteiger partial charge in [-0.25, -0.2) is 4.79 Å². The van der Waals surface area contributed by atoms with Crippen LogP contribution in [-0.4, -0.2) is 80.3 Å². The van der Waals surface area contributed by atoms with E-state index in [1.54, 1.807) is 45.4 Å². The monoisotopic (exact) mass is 419 g/mol. The predicted octanol–water partition coefficient (Wildman–Crippen LogP) is 1.73. The summed E-state index contributed by atoms with van der Waals surface area (Å²) in [5.74, 6) is -0.484. The molecule has 3 rings (SSSR count). The fourth-order valence-electron chi connectivity index (χ4n) is 4.38. The molecule has 1 saturated heterocycles. The summed E-state index contributed by atoms with van der Waals surface area (Å²) < 4.78 is 16.3. The number of nitrogens with one attached hydrogen (secondary N) is 1. The number of benzene rings is 1. The Morgan fingerprint density at radius 1 is 1.10 bits per heavy atom. The molecule has 1 aromatic carbocycles. The van der Waals surface area contributed by atoms with Crippen molar-refractivity contribution in [2.24, 2.45) is 5.92 Å². The van der Waals surface area contributed by atoms with E-state index in [0.717, 1.165) is 0 Å². The molecule has 0 spiro atoms. The zero-order valence-electron chi connectivity index (χ0n) is 17.8. The Labute approximate surface area is 176 Å². The van der Waals surface area contributed by atoms with E-state index in [-0.39, 0.29) is 37.1 Å². The number of carbonyl (C=O) groups excluding carboxylic acids is 3. The molecule has 0 bridgehead atoms. The lowest BCUT2D eigenvalue weighted by molar-refractivity contribution is -0.152. The van der Waals surface area contributed by atoms with Gasteiger partial charge in [-0.3, -0.25) is 14.5 Å². The molecular weight excluding hydrogens is 390 g/mol. The quantitative estimate of drug-likeness (QED) is 0.723. The molecule has 30 heavy (non-hydrogen) atoms. The molecule has 0 radical (unpaired) electrons. The minimum absolute atomic E-state index is 0.171. The van der Waals surface area contributed by atoms with E-state index < -0.39 is 18.0 Å². The maximum absolute atomic E-state index is 13.0. The minimum Gasteiger partial charge on any atom is -0.495 e. The van der Waals surface area contributed by atoms with Crippen LogP contribution >= 0.6 is 0 Å². The molecule has 4 unspecified atom stereocenters. The number of rotatable bonds is 7. The van der Waals surface area contributed by atoms with Gasteiger partial charge in [-0.05, 0) is 31.9 Å². The van der Waals surface area contributed by atoms with Crippen LogP contribution in [0.4, 0.5) is 10.5 Å². The normalized spacial score (nSPS) is 26.4. The third kappa shape index (κ3) is 4.13. The molecular formula is C21H29N3O6. The molecule has 4 amide bonds. The van der Waals surface area contributed by atoms with Crippen molar-refractivity contribution >= 4 is 23.5 Å². The van der Waals surface area contributed by atoms with Crippen molar-refractivity contribution in [2.45, 2.75) is 38.0 Å². The Morgan fingerprint density at radius 2 is 1.77 bits per heavy atom. The molecule has 1 N–H and O–H groups in total. The summed E-state index contributed by atoms with van der Waals surface area (Å²) >= 11 is 0. The van der Waals surface area contributed by atoms with E-state index in [4.69, 9.17) is 14.2 Å². The van der Waals surface area contributed by atoms with Crippen LogP contribution in [0, 0.1) is 5.92 Å². The summed E-state index contributed by atoms with van der Waals surface area (Å²) in [6.45, 7) is 1.82. The summed E-state index contributed by atoms with van der Waals surface area (Å²) in [4.78, 5) is 41.4. The first-order valence-corrected chi connectivity index (χ1v) is 10.1. The second-order valence-electron chi connectivity index (χ2n) is 7.43. The van der Waals surface area contributed by atoms with E-state index in [1.807, 2.05) is 0 Å². The van der Waals surface area contributed by atoms with Gasteiger partial charge in [-0.2, -0.15) is 0 Å². The van der Waals surface area contributed by atoms with Crippen LogP contribution in [0.15, 0.2) is 24.3 Å². The number of urea groups is 1.